The van der Waals surface area contributed by atoms with Crippen LogP contribution >= 0.6 is 10.7 Å². The van der Waals surface area contributed by atoms with Gasteiger partial charge in [0.1, 0.15) is 10.6 Å². The molecule has 1 aromatic rings. The molecule has 0 fully saturated rings. The summed E-state index contributed by atoms with van der Waals surface area (Å²) >= 11 is 0. The number of methoxy groups -OCH3 is 1. The van der Waals surface area contributed by atoms with Gasteiger partial charge in [-0.25, -0.2) is 8.42 Å². The van der Waals surface area contributed by atoms with Crippen molar-refractivity contribution in [3.8, 4) is 5.75 Å². The standard InChI is InChI=1S/C9H11ClO3S/c1-6-4-5-8(13-3)9(7(6)2)14(10,11)12/h4-5H,1-3H3. The van der Waals surface area contributed by atoms with E-state index >= 15 is 0 Å². The Labute approximate surface area is 88.1 Å². The number of ether oxygens (including phenoxy) is 1. The quantitative estimate of drug-likeness (QED) is 0.738. The number of benzene rings is 1. The third-order valence-corrected chi connectivity index (χ3v) is 3.56. The van der Waals surface area contributed by atoms with E-state index in [1.807, 2.05) is 6.92 Å². The Kier molecular flexibility index (Phi) is 3.07. The van der Waals surface area contributed by atoms with E-state index in [4.69, 9.17) is 15.4 Å². The molecule has 0 aliphatic heterocycles. The number of aryl methyl sites for hydroxylation is 1. The zero-order valence-electron chi connectivity index (χ0n) is 8.17. The second-order valence-corrected chi connectivity index (χ2v) is 5.48. The van der Waals surface area contributed by atoms with Gasteiger partial charge >= 0.3 is 0 Å². The van der Waals surface area contributed by atoms with Crippen molar-refractivity contribution in [3.05, 3.63) is 23.3 Å². The molecule has 0 N–H and O–H groups in total. The average molecular weight is 235 g/mol. The molecule has 0 aliphatic carbocycles. The molecule has 0 heterocycles. The van der Waals surface area contributed by atoms with Gasteiger partial charge in [-0.2, -0.15) is 0 Å². The van der Waals surface area contributed by atoms with Gasteiger partial charge in [0.25, 0.3) is 9.05 Å². The van der Waals surface area contributed by atoms with Gasteiger partial charge in [-0.15, -0.1) is 0 Å². The van der Waals surface area contributed by atoms with Crippen LogP contribution in [0.3, 0.4) is 0 Å². The van der Waals surface area contributed by atoms with Crippen LogP contribution in [0.25, 0.3) is 0 Å². The molecular formula is C9H11ClO3S. The lowest BCUT2D eigenvalue weighted by Crippen LogP contribution is -2.00. The Morgan fingerprint density at radius 1 is 1.29 bits per heavy atom. The lowest BCUT2D eigenvalue weighted by Gasteiger charge is -2.10. The van der Waals surface area contributed by atoms with Gasteiger partial charge in [-0.3, -0.25) is 0 Å². The van der Waals surface area contributed by atoms with E-state index in [1.165, 1.54) is 7.11 Å². The van der Waals surface area contributed by atoms with Gasteiger partial charge in [0, 0.05) is 10.7 Å². The van der Waals surface area contributed by atoms with Crippen molar-refractivity contribution in [2.24, 2.45) is 0 Å². The SMILES string of the molecule is COc1ccc(C)c(C)c1S(=O)(=O)Cl. The van der Waals surface area contributed by atoms with E-state index in [9.17, 15) is 8.42 Å². The van der Waals surface area contributed by atoms with Crippen LogP contribution in [0.5, 0.6) is 5.75 Å². The first-order valence-electron chi connectivity index (χ1n) is 3.96. The Morgan fingerprint density at radius 3 is 2.29 bits per heavy atom. The maximum Gasteiger partial charge on any atom is 0.265 e. The van der Waals surface area contributed by atoms with E-state index in [-0.39, 0.29) is 10.6 Å². The highest BCUT2D eigenvalue weighted by molar-refractivity contribution is 8.13. The van der Waals surface area contributed by atoms with Crippen molar-refractivity contribution < 1.29 is 13.2 Å². The van der Waals surface area contributed by atoms with Crippen LogP contribution in [0.4, 0.5) is 0 Å². The molecule has 3 nitrogen and oxygen atoms in total. The highest BCUT2D eigenvalue weighted by Crippen LogP contribution is 2.31. The minimum atomic E-state index is -3.75. The topological polar surface area (TPSA) is 43.4 Å². The van der Waals surface area contributed by atoms with E-state index in [2.05, 4.69) is 0 Å². The van der Waals surface area contributed by atoms with Crippen LogP contribution in [-0.2, 0) is 9.05 Å². The minimum absolute atomic E-state index is 0.0571. The van der Waals surface area contributed by atoms with Gasteiger partial charge in [0.05, 0.1) is 7.11 Å². The van der Waals surface area contributed by atoms with Crippen molar-refractivity contribution in [2.45, 2.75) is 18.7 Å². The fourth-order valence-corrected chi connectivity index (χ4v) is 2.72. The summed E-state index contributed by atoms with van der Waals surface area (Å²) in [4.78, 5) is 0.0571. The highest BCUT2D eigenvalue weighted by atomic mass is 35.7. The summed E-state index contributed by atoms with van der Waals surface area (Å²) in [5, 5.41) is 0. The van der Waals surface area contributed by atoms with Crippen LogP contribution in [0.15, 0.2) is 17.0 Å². The fraction of sp³-hybridized carbons (Fsp3) is 0.333. The molecule has 5 heteroatoms. The van der Waals surface area contributed by atoms with Gasteiger partial charge in [-0.1, -0.05) is 6.07 Å². The molecule has 0 spiro atoms. The third-order valence-electron chi connectivity index (χ3n) is 2.10. The second kappa shape index (κ2) is 3.79. The molecule has 0 bridgehead atoms. The van der Waals surface area contributed by atoms with E-state index in [1.54, 1.807) is 19.1 Å². The molecule has 0 aromatic heterocycles. The Morgan fingerprint density at radius 2 is 1.86 bits per heavy atom. The first-order valence-corrected chi connectivity index (χ1v) is 6.27. The van der Waals surface area contributed by atoms with Crippen molar-refractivity contribution in [1.82, 2.24) is 0 Å². The van der Waals surface area contributed by atoms with Crippen molar-refractivity contribution >= 4 is 19.7 Å². The van der Waals surface area contributed by atoms with Crippen LogP contribution in [0.1, 0.15) is 11.1 Å². The summed E-state index contributed by atoms with van der Waals surface area (Å²) in [7, 11) is 2.97. The Bertz CT molecular complexity index is 451. The molecule has 1 rings (SSSR count). The molecule has 0 unspecified atom stereocenters. The van der Waals surface area contributed by atoms with Crippen LogP contribution < -0.4 is 4.74 Å². The number of hydrogen-bond donors (Lipinski definition) is 0. The molecule has 14 heavy (non-hydrogen) atoms. The Hall–Kier alpha value is -0.740. The van der Waals surface area contributed by atoms with Gasteiger partial charge in [0.15, 0.2) is 0 Å². The normalized spacial score (nSPS) is 11.4. The van der Waals surface area contributed by atoms with E-state index < -0.39 is 9.05 Å². The Balaban J connectivity index is 3.60. The van der Waals surface area contributed by atoms with Crippen LogP contribution in [0.2, 0.25) is 0 Å². The fourth-order valence-electron chi connectivity index (χ4n) is 1.23. The van der Waals surface area contributed by atoms with Crippen LogP contribution in [-0.4, -0.2) is 15.5 Å². The summed E-state index contributed by atoms with van der Waals surface area (Å²) in [6.07, 6.45) is 0. The van der Waals surface area contributed by atoms with Crippen molar-refractivity contribution in [2.75, 3.05) is 7.11 Å². The summed E-state index contributed by atoms with van der Waals surface area (Å²) in [6, 6.07) is 3.39. The lowest BCUT2D eigenvalue weighted by atomic mass is 10.1. The molecule has 0 amide bonds. The second-order valence-electron chi connectivity index (χ2n) is 2.98. The average Bonchev–Trinajstić information content (AvgIpc) is 2.07. The summed E-state index contributed by atoms with van der Waals surface area (Å²) in [5.41, 5.74) is 1.49. The number of hydrogen-bond acceptors (Lipinski definition) is 3. The van der Waals surface area contributed by atoms with E-state index in [0.29, 0.717) is 5.56 Å². The first-order chi connectivity index (χ1) is 6.38. The third kappa shape index (κ3) is 2.01. The monoisotopic (exact) mass is 234 g/mol. The van der Waals surface area contributed by atoms with Crippen LogP contribution in [0, 0.1) is 13.8 Å². The molecule has 1 aromatic carbocycles. The number of rotatable bonds is 2. The highest BCUT2D eigenvalue weighted by Gasteiger charge is 2.20. The minimum Gasteiger partial charge on any atom is -0.495 e. The number of halogens is 1. The van der Waals surface area contributed by atoms with Gasteiger partial charge < -0.3 is 4.74 Å². The lowest BCUT2D eigenvalue weighted by molar-refractivity contribution is 0.402. The van der Waals surface area contributed by atoms with Crippen molar-refractivity contribution in [1.29, 1.82) is 0 Å². The maximum atomic E-state index is 11.3. The predicted octanol–water partition coefficient (Wildman–Crippen LogP) is 2.24. The summed E-state index contributed by atoms with van der Waals surface area (Å²) in [6.45, 7) is 3.52. The maximum absolute atomic E-state index is 11.3. The largest absolute Gasteiger partial charge is 0.495 e. The predicted molar refractivity (Wildman–Crippen MR) is 55.5 cm³/mol. The smallest absolute Gasteiger partial charge is 0.265 e. The molecule has 0 radical (unpaired) electrons. The molecule has 0 aliphatic rings. The summed E-state index contributed by atoms with van der Waals surface area (Å²) in [5.74, 6) is 0.281. The van der Waals surface area contributed by atoms with Crippen molar-refractivity contribution in [3.63, 3.8) is 0 Å². The molecule has 0 saturated carbocycles. The molecule has 0 atom stereocenters. The van der Waals surface area contributed by atoms with Gasteiger partial charge in [0.2, 0.25) is 0 Å². The summed E-state index contributed by atoms with van der Waals surface area (Å²) < 4.78 is 27.5. The molecular weight excluding hydrogens is 224 g/mol. The molecule has 0 saturated heterocycles. The van der Waals surface area contributed by atoms with Gasteiger partial charge in [-0.05, 0) is 31.0 Å². The first kappa shape index (κ1) is 11.3. The zero-order chi connectivity index (χ0) is 10.9. The molecule has 78 valence electrons. The van der Waals surface area contributed by atoms with E-state index in [0.717, 1.165) is 5.56 Å². The zero-order valence-corrected chi connectivity index (χ0v) is 9.74.